The van der Waals surface area contributed by atoms with Crippen LogP contribution in [0.1, 0.15) is 418 Å². The lowest BCUT2D eigenvalue weighted by Crippen LogP contribution is -2.45. The number of aliphatic hydroxyl groups excluding tert-OH is 2. The molecule has 0 bridgehead atoms. The van der Waals surface area contributed by atoms with Crippen LogP contribution in [0.25, 0.3) is 0 Å². The highest BCUT2D eigenvalue weighted by Gasteiger charge is 2.20. The maximum absolute atomic E-state index is 12.5. The van der Waals surface area contributed by atoms with Crippen molar-refractivity contribution >= 4 is 11.9 Å². The Bertz CT molecular complexity index is 1120. The molecule has 1 amide bonds. The van der Waals surface area contributed by atoms with Gasteiger partial charge in [0, 0.05) is 12.8 Å². The zero-order valence-corrected chi connectivity index (χ0v) is 52.7. The molecule has 0 spiro atoms. The van der Waals surface area contributed by atoms with Crippen molar-refractivity contribution in [3.05, 3.63) is 0 Å². The number of amides is 1. The standard InChI is InChI=1S/C71H141NO5/c1-3-5-7-9-11-13-15-17-19-31-35-39-43-47-51-55-59-63-69(74)68(67-73)72-70(75)64-60-56-52-48-44-40-36-33-29-27-25-23-21-22-24-26-28-30-34-38-42-46-50-54-58-62-66-77-71(76)65-61-57-53-49-45-41-37-32-20-18-16-14-12-10-8-6-4-2/h68-69,73-74H,3-67H2,1-2H3,(H,72,75). The first-order chi connectivity index (χ1) is 38.0. The average Bonchev–Trinajstić information content (AvgIpc) is 3.43. The first kappa shape index (κ1) is 75.9. The third kappa shape index (κ3) is 63.9. The van der Waals surface area contributed by atoms with E-state index in [-0.39, 0.29) is 18.5 Å². The minimum absolute atomic E-state index is 0.0226. The van der Waals surface area contributed by atoms with Gasteiger partial charge in [-0.05, 0) is 25.7 Å². The van der Waals surface area contributed by atoms with Gasteiger partial charge in [0.2, 0.25) is 5.91 Å². The number of ether oxygens (including phenoxy) is 1. The van der Waals surface area contributed by atoms with E-state index in [9.17, 15) is 19.8 Å². The Morgan fingerprint density at radius 2 is 0.532 bits per heavy atom. The van der Waals surface area contributed by atoms with Crippen molar-refractivity contribution in [1.82, 2.24) is 5.32 Å². The Labute approximate surface area is 483 Å². The van der Waals surface area contributed by atoms with Gasteiger partial charge in [-0.3, -0.25) is 9.59 Å². The van der Waals surface area contributed by atoms with Crippen molar-refractivity contribution in [1.29, 1.82) is 0 Å². The molecule has 77 heavy (non-hydrogen) atoms. The van der Waals surface area contributed by atoms with Crippen LogP contribution in [-0.2, 0) is 14.3 Å². The van der Waals surface area contributed by atoms with Crippen LogP contribution >= 0.6 is 0 Å². The van der Waals surface area contributed by atoms with Gasteiger partial charge in [0.1, 0.15) is 0 Å². The molecule has 0 saturated carbocycles. The Morgan fingerprint density at radius 1 is 0.312 bits per heavy atom. The van der Waals surface area contributed by atoms with E-state index in [2.05, 4.69) is 19.2 Å². The van der Waals surface area contributed by atoms with Crippen molar-refractivity contribution in [2.24, 2.45) is 0 Å². The third-order valence-corrected chi connectivity index (χ3v) is 17.2. The molecule has 2 atom stereocenters. The van der Waals surface area contributed by atoms with Crippen LogP contribution in [0.3, 0.4) is 0 Å². The van der Waals surface area contributed by atoms with Gasteiger partial charge in [0.05, 0.1) is 25.4 Å². The molecule has 460 valence electrons. The minimum atomic E-state index is -0.662. The van der Waals surface area contributed by atoms with Crippen molar-refractivity contribution in [3.8, 4) is 0 Å². The summed E-state index contributed by atoms with van der Waals surface area (Å²) >= 11 is 0. The summed E-state index contributed by atoms with van der Waals surface area (Å²) in [4.78, 5) is 24.6. The van der Waals surface area contributed by atoms with Crippen molar-refractivity contribution < 1.29 is 24.5 Å². The fourth-order valence-electron chi connectivity index (χ4n) is 11.7. The Hall–Kier alpha value is -1.14. The smallest absolute Gasteiger partial charge is 0.305 e. The zero-order chi connectivity index (χ0) is 55.7. The van der Waals surface area contributed by atoms with E-state index in [1.54, 1.807) is 0 Å². The van der Waals surface area contributed by atoms with E-state index >= 15 is 0 Å². The lowest BCUT2D eigenvalue weighted by Gasteiger charge is -2.22. The summed E-state index contributed by atoms with van der Waals surface area (Å²) in [6, 6.07) is -0.539. The molecule has 0 heterocycles. The molecule has 6 heteroatoms. The van der Waals surface area contributed by atoms with Crippen LogP contribution in [0, 0.1) is 0 Å². The Balaban J connectivity index is 3.33. The summed E-state index contributed by atoms with van der Waals surface area (Å²) in [7, 11) is 0. The molecule has 2 unspecified atom stereocenters. The lowest BCUT2D eigenvalue weighted by atomic mass is 10.0. The molecule has 0 saturated heterocycles. The van der Waals surface area contributed by atoms with E-state index < -0.39 is 12.1 Å². The summed E-state index contributed by atoms with van der Waals surface area (Å²) < 4.78 is 5.51. The fourth-order valence-corrected chi connectivity index (χ4v) is 11.7. The second-order valence-electron chi connectivity index (χ2n) is 24.9. The van der Waals surface area contributed by atoms with Gasteiger partial charge in [-0.25, -0.2) is 0 Å². The van der Waals surface area contributed by atoms with Crippen LogP contribution in [-0.4, -0.2) is 47.4 Å². The fraction of sp³-hybridized carbons (Fsp3) is 0.972. The molecule has 0 aliphatic heterocycles. The van der Waals surface area contributed by atoms with E-state index in [0.717, 1.165) is 38.5 Å². The molecule has 0 aromatic carbocycles. The van der Waals surface area contributed by atoms with Gasteiger partial charge < -0.3 is 20.3 Å². The molecule has 0 rings (SSSR count). The summed E-state index contributed by atoms with van der Waals surface area (Å²) in [5.41, 5.74) is 0. The number of carbonyl (C=O) groups excluding carboxylic acids is 2. The summed E-state index contributed by atoms with van der Waals surface area (Å²) in [5.74, 6) is -0.00550. The number of nitrogens with one attached hydrogen (secondary N) is 1. The maximum Gasteiger partial charge on any atom is 0.305 e. The SMILES string of the molecule is CCCCCCCCCCCCCCCCCCCC(=O)OCCCCCCCCCCCCCCCCCCCCCCCCCCCCC(=O)NC(CO)C(O)CCCCCCCCCCCCCCCCCCC. The van der Waals surface area contributed by atoms with E-state index in [4.69, 9.17) is 4.74 Å². The van der Waals surface area contributed by atoms with Gasteiger partial charge in [-0.2, -0.15) is 0 Å². The number of unbranched alkanes of at least 4 members (excludes halogenated alkanes) is 57. The minimum Gasteiger partial charge on any atom is -0.466 e. The predicted molar refractivity (Wildman–Crippen MR) is 338 cm³/mol. The largest absolute Gasteiger partial charge is 0.466 e. The quantitative estimate of drug-likeness (QED) is 0.0417. The molecule has 0 aromatic heterocycles. The van der Waals surface area contributed by atoms with Crippen LogP contribution in [0.15, 0.2) is 0 Å². The number of carbonyl (C=O) groups is 2. The number of rotatable bonds is 68. The van der Waals surface area contributed by atoms with E-state index in [1.807, 2.05) is 0 Å². The molecule has 3 N–H and O–H groups in total. The van der Waals surface area contributed by atoms with Crippen LogP contribution < -0.4 is 5.32 Å². The first-order valence-corrected chi connectivity index (χ1v) is 35.8. The van der Waals surface area contributed by atoms with Crippen LogP contribution in [0.4, 0.5) is 0 Å². The topological polar surface area (TPSA) is 95.9 Å². The van der Waals surface area contributed by atoms with Crippen LogP contribution in [0.2, 0.25) is 0 Å². The number of hydrogen-bond donors (Lipinski definition) is 3. The van der Waals surface area contributed by atoms with Crippen molar-refractivity contribution in [2.75, 3.05) is 13.2 Å². The molecular weight excluding hydrogens is 947 g/mol. The molecular formula is C71H141NO5. The highest BCUT2D eigenvalue weighted by molar-refractivity contribution is 5.76. The molecule has 0 fully saturated rings. The zero-order valence-electron chi connectivity index (χ0n) is 52.7. The number of hydrogen-bond acceptors (Lipinski definition) is 5. The van der Waals surface area contributed by atoms with Crippen molar-refractivity contribution in [3.63, 3.8) is 0 Å². The van der Waals surface area contributed by atoms with Gasteiger partial charge in [-0.15, -0.1) is 0 Å². The second-order valence-corrected chi connectivity index (χ2v) is 24.9. The molecule has 0 radical (unpaired) electrons. The predicted octanol–water partition coefficient (Wildman–Crippen LogP) is 23.0. The summed E-state index contributed by atoms with van der Waals surface area (Å²) in [6.07, 6.45) is 81.5. The Morgan fingerprint density at radius 3 is 0.792 bits per heavy atom. The van der Waals surface area contributed by atoms with Crippen molar-refractivity contribution in [2.45, 2.75) is 431 Å². The molecule has 0 aliphatic rings. The number of aliphatic hydroxyl groups is 2. The second kappa shape index (κ2) is 67.4. The van der Waals surface area contributed by atoms with Crippen LogP contribution in [0.5, 0.6) is 0 Å². The highest BCUT2D eigenvalue weighted by atomic mass is 16.5. The van der Waals surface area contributed by atoms with Gasteiger partial charge in [-0.1, -0.05) is 380 Å². The van der Waals surface area contributed by atoms with Gasteiger partial charge >= 0.3 is 5.97 Å². The molecule has 6 nitrogen and oxygen atoms in total. The van der Waals surface area contributed by atoms with E-state index in [0.29, 0.717) is 25.9 Å². The summed E-state index contributed by atoms with van der Waals surface area (Å²) in [5, 5.41) is 23.4. The Kier molecular flexibility index (Phi) is 66.4. The lowest BCUT2D eigenvalue weighted by molar-refractivity contribution is -0.143. The summed E-state index contributed by atoms with van der Waals surface area (Å²) in [6.45, 7) is 5.01. The third-order valence-electron chi connectivity index (χ3n) is 17.2. The maximum atomic E-state index is 12.5. The monoisotopic (exact) mass is 1090 g/mol. The number of esters is 1. The highest BCUT2D eigenvalue weighted by Crippen LogP contribution is 2.20. The van der Waals surface area contributed by atoms with Gasteiger partial charge in [0.15, 0.2) is 0 Å². The molecule has 0 aromatic rings. The normalized spacial score (nSPS) is 12.4. The average molecular weight is 1090 g/mol. The van der Waals surface area contributed by atoms with Gasteiger partial charge in [0.25, 0.3) is 0 Å². The molecule has 0 aliphatic carbocycles. The van der Waals surface area contributed by atoms with E-state index in [1.165, 1.54) is 347 Å². The first-order valence-electron chi connectivity index (χ1n) is 35.8.